The highest BCUT2D eigenvalue weighted by Crippen LogP contribution is 2.38. The molecule has 3 amide bonds. The standard InChI is InChI=1S/C11H12BrN2O4S/c1-3-18-8(15)5-14-9(16)6-4-7(12)19-10(6)13(2)11(14)17/h4,6H,3,5H2,1-2H3/q+1. The molecule has 0 aromatic carbocycles. The fourth-order valence-electron chi connectivity index (χ4n) is 1.87. The first-order chi connectivity index (χ1) is 8.95. The van der Waals surface area contributed by atoms with Gasteiger partial charge in [-0.2, -0.15) is 9.37 Å². The first-order valence-corrected chi connectivity index (χ1v) is 7.23. The van der Waals surface area contributed by atoms with Crippen molar-refractivity contribution in [3.8, 4) is 0 Å². The third-order valence-corrected chi connectivity index (χ3v) is 4.56. The van der Waals surface area contributed by atoms with Crippen LogP contribution in [0.4, 0.5) is 4.79 Å². The number of amides is 3. The molecule has 0 saturated carbocycles. The van der Waals surface area contributed by atoms with Crippen molar-refractivity contribution in [1.29, 1.82) is 0 Å². The molecule has 2 aliphatic heterocycles. The van der Waals surface area contributed by atoms with Gasteiger partial charge in [0.05, 0.1) is 17.5 Å². The predicted octanol–water partition coefficient (Wildman–Crippen LogP) is 1.15. The maximum absolute atomic E-state index is 12.2. The summed E-state index contributed by atoms with van der Waals surface area (Å²) in [7, 11) is 1.59. The third kappa shape index (κ3) is 2.59. The lowest BCUT2D eigenvalue weighted by molar-refractivity contribution is -0.403. The van der Waals surface area contributed by atoms with Gasteiger partial charge in [-0.15, -0.1) is 4.90 Å². The molecule has 2 heterocycles. The Hall–Kier alpha value is -1.15. The van der Waals surface area contributed by atoms with Crippen LogP contribution in [0.15, 0.2) is 9.89 Å². The van der Waals surface area contributed by atoms with Gasteiger partial charge < -0.3 is 4.74 Å². The second kappa shape index (κ2) is 5.46. The molecule has 0 radical (unpaired) electrons. The van der Waals surface area contributed by atoms with Crippen molar-refractivity contribution >= 4 is 50.6 Å². The van der Waals surface area contributed by atoms with Gasteiger partial charge in [-0.1, -0.05) is 0 Å². The smallest absolute Gasteiger partial charge is 0.463 e. The van der Waals surface area contributed by atoms with Gasteiger partial charge in [-0.05, 0) is 40.7 Å². The molecule has 6 nitrogen and oxygen atoms in total. The van der Waals surface area contributed by atoms with E-state index < -0.39 is 23.8 Å². The number of fused-ring (bicyclic) bond motifs is 1. The van der Waals surface area contributed by atoms with Crippen LogP contribution in [0.2, 0.25) is 0 Å². The quantitative estimate of drug-likeness (QED) is 0.566. The largest absolute Gasteiger partial charge is 0.501 e. The zero-order chi connectivity index (χ0) is 14.2. The molecule has 2 rings (SSSR count). The van der Waals surface area contributed by atoms with Crippen LogP contribution >= 0.6 is 27.7 Å². The minimum atomic E-state index is -0.588. The van der Waals surface area contributed by atoms with E-state index in [1.54, 1.807) is 20.0 Å². The van der Waals surface area contributed by atoms with Gasteiger partial charge in [0.25, 0.3) is 0 Å². The molecule has 19 heavy (non-hydrogen) atoms. The molecule has 0 bridgehead atoms. The Balaban J connectivity index is 2.26. The maximum Gasteiger partial charge on any atom is 0.501 e. The average Bonchev–Trinajstić information content (AvgIpc) is 2.75. The second-order valence-electron chi connectivity index (χ2n) is 3.96. The van der Waals surface area contributed by atoms with Gasteiger partial charge in [-0.25, -0.2) is 9.59 Å². The zero-order valence-electron chi connectivity index (χ0n) is 10.4. The molecule has 0 N–H and O–H groups in total. The fraction of sp³-hybridized carbons (Fsp3) is 0.455. The van der Waals surface area contributed by atoms with Crippen molar-refractivity contribution in [2.24, 2.45) is 5.92 Å². The molecular weight excluding hydrogens is 336 g/mol. The summed E-state index contributed by atoms with van der Waals surface area (Å²) in [5.74, 6) is -1.49. The highest BCUT2D eigenvalue weighted by Gasteiger charge is 2.49. The van der Waals surface area contributed by atoms with Crippen LogP contribution in [-0.4, -0.2) is 52.6 Å². The van der Waals surface area contributed by atoms with Crippen LogP contribution in [0.5, 0.6) is 0 Å². The van der Waals surface area contributed by atoms with Gasteiger partial charge in [0.1, 0.15) is 5.92 Å². The lowest BCUT2D eigenvalue weighted by Gasteiger charge is -2.21. The van der Waals surface area contributed by atoms with Crippen molar-refractivity contribution < 1.29 is 23.7 Å². The summed E-state index contributed by atoms with van der Waals surface area (Å²) in [6, 6.07) is -0.507. The van der Waals surface area contributed by atoms with Crippen LogP contribution < -0.4 is 0 Å². The minimum absolute atomic E-state index is 0.215. The normalized spacial score (nSPS) is 22.6. The molecule has 2 aliphatic rings. The summed E-state index contributed by atoms with van der Waals surface area (Å²) in [5.41, 5.74) is 0. The highest BCUT2D eigenvalue weighted by molar-refractivity contribution is 9.14. The molecule has 0 saturated heterocycles. The first-order valence-electron chi connectivity index (χ1n) is 5.62. The Morgan fingerprint density at radius 3 is 2.89 bits per heavy atom. The Morgan fingerprint density at radius 1 is 1.58 bits per heavy atom. The number of hydrogen-bond donors (Lipinski definition) is 0. The Bertz CT molecular complexity index is 529. The summed E-state index contributed by atoms with van der Waals surface area (Å²) in [5, 5.41) is 0.655. The van der Waals surface area contributed by atoms with Crippen molar-refractivity contribution in [1.82, 2.24) is 4.90 Å². The van der Waals surface area contributed by atoms with Crippen LogP contribution in [0.25, 0.3) is 0 Å². The first kappa shape index (κ1) is 14.3. The van der Waals surface area contributed by atoms with E-state index in [2.05, 4.69) is 15.9 Å². The molecule has 0 spiro atoms. The van der Waals surface area contributed by atoms with Gasteiger partial charge in [0.2, 0.25) is 0 Å². The number of carbonyl (C=O) groups is 3. The van der Waals surface area contributed by atoms with E-state index in [9.17, 15) is 14.4 Å². The van der Waals surface area contributed by atoms with Crippen LogP contribution in [0.3, 0.4) is 0 Å². The fourth-order valence-corrected chi connectivity index (χ4v) is 3.55. The number of carbonyl (C=O) groups excluding carboxylic acids is 3. The minimum Gasteiger partial charge on any atom is -0.463 e. The van der Waals surface area contributed by atoms with E-state index in [1.807, 2.05) is 0 Å². The number of halogens is 1. The summed E-state index contributed by atoms with van der Waals surface area (Å²) in [4.78, 5) is 36.7. The highest BCUT2D eigenvalue weighted by atomic mass is 79.9. The van der Waals surface area contributed by atoms with Gasteiger partial charge >= 0.3 is 17.9 Å². The monoisotopic (exact) mass is 347 g/mol. The lowest BCUT2D eigenvalue weighted by Crippen LogP contribution is -2.53. The van der Waals surface area contributed by atoms with E-state index in [4.69, 9.17) is 4.74 Å². The maximum atomic E-state index is 12.2. The van der Waals surface area contributed by atoms with Crippen molar-refractivity contribution in [2.45, 2.75) is 6.92 Å². The Kier molecular flexibility index (Phi) is 4.10. The molecular formula is C11H12BrN2O4S+. The molecule has 0 aromatic heterocycles. The molecule has 8 heteroatoms. The van der Waals surface area contributed by atoms with Crippen molar-refractivity contribution in [3.63, 3.8) is 0 Å². The number of hydrogen-bond acceptors (Lipinski definition) is 5. The van der Waals surface area contributed by atoms with Gasteiger partial charge in [-0.3, -0.25) is 0 Å². The van der Waals surface area contributed by atoms with E-state index in [0.29, 0.717) is 5.04 Å². The van der Waals surface area contributed by atoms with Crippen LogP contribution in [-0.2, 0) is 14.3 Å². The topological polar surface area (TPSA) is 66.7 Å². The second-order valence-corrected chi connectivity index (χ2v) is 6.40. The number of nitrogens with zero attached hydrogens (tertiary/aromatic N) is 2. The molecule has 0 aromatic rings. The number of esters is 1. The van der Waals surface area contributed by atoms with E-state index in [-0.39, 0.29) is 13.2 Å². The van der Waals surface area contributed by atoms with E-state index in [1.165, 1.54) is 16.3 Å². The molecule has 0 aliphatic carbocycles. The molecule has 102 valence electrons. The van der Waals surface area contributed by atoms with Gasteiger partial charge in [0, 0.05) is 0 Å². The zero-order valence-corrected chi connectivity index (χ0v) is 12.8. The number of imide groups is 1. The van der Waals surface area contributed by atoms with Crippen molar-refractivity contribution in [3.05, 3.63) is 9.89 Å². The van der Waals surface area contributed by atoms with E-state index in [0.717, 1.165) is 8.71 Å². The molecule has 1 atom stereocenters. The average molecular weight is 348 g/mol. The Labute approximate surface area is 122 Å². The lowest BCUT2D eigenvalue weighted by atomic mass is 10.1. The summed E-state index contributed by atoms with van der Waals surface area (Å²) in [6.45, 7) is 1.53. The predicted molar refractivity (Wildman–Crippen MR) is 73.0 cm³/mol. The summed E-state index contributed by atoms with van der Waals surface area (Å²) < 4.78 is 6.95. The molecule has 0 fully saturated rings. The Morgan fingerprint density at radius 2 is 2.26 bits per heavy atom. The summed E-state index contributed by atoms with van der Waals surface area (Å²) in [6.07, 6.45) is 1.73. The van der Waals surface area contributed by atoms with Gasteiger partial charge in [0.15, 0.2) is 11.6 Å². The van der Waals surface area contributed by atoms with Crippen LogP contribution in [0.1, 0.15) is 6.92 Å². The number of urea groups is 1. The number of rotatable bonds is 3. The SMILES string of the molecule is CCOC(=O)CN1C(=O)C2C=C(Br)SC2=[N+](C)C1=O. The molecule has 1 unspecified atom stereocenters. The number of ether oxygens (including phenoxy) is 1. The number of thioether (sulfide) groups is 1. The third-order valence-electron chi connectivity index (χ3n) is 2.74. The van der Waals surface area contributed by atoms with Crippen LogP contribution in [0, 0.1) is 5.92 Å². The van der Waals surface area contributed by atoms with Crippen molar-refractivity contribution in [2.75, 3.05) is 20.2 Å². The summed E-state index contributed by atoms with van der Waals surface area (Å²) >= 11 is 4.63. The van der Waals surface area contributed by atoms with E-state index >= 15 is 0 Å².